The van der Waals surface area contributed by atoms with Crippen LogP contribution in [0.4, 0.5) is 0 Å². The fraction of sp³-hybridized carbons (Fsp3) is 0.833. The summed E-state index contributed by atoms with van der Waals surface area (Å²) in [6, 6.07) is 0. The molecule has 6 atom stereocenters. The second kappa shape index (κ2) is 6.19. The van der Waals surface area contributed by atoms with E-state index >= 15 is 0 Å². The monoisotopic (exact) mass is 372 g/mol. The van der Waals surface area contributed by atoms with Crippen LogP contribution in [0.3, 0.4) is 0 Å². The molecule has 0 amide bonds. The van der Waals surface area contributed by atoms with Crippen LogP contribution in [0.25, 0.3) is 0 Å². The summed E-state index contributed by atoms with van der Waals surface area (Å²) in [6.07, 6.45) is 11.5. The number of carboxylic acids is 1. The van der Waals surface area contributed by atoms with Gasteiger partial charge in [-0.05, 0) is 78.4 Å². The highest BCUT2D eigenvalue weighted by Crippen LogP contribution is 2.70. The van der Waals surface area contributed by atoms with Gasteiger partial charge in [-0.25, -0.2) is 0 Å². The molecule has 150 valence electrons. The van der Waals surface area contributed by atoms with E-state index in [1.807, 2.05) is 0 Å². The fourth-order valence-corrected chi connectivity index (χ4v) is 8.43. The quantitative estimate of drug-likeness (QED) is 0.683. The number of Topliss-reactive ketones (excluding diaryl/α,β-unsaturated/α-hetero) is 1. The Morgan fingerprint density at radius 3 is 2.48 bits per heavy atom. The maximum absolute atomic E-state index is 12.7. The van der Waals surface area contributed by atoms with Gasteiger partial charge in [0.05, 0.1) is 6.42 Å². The molecule has 27 heavy (non-hydrogen) atoms. The number of hydrogen-bond donors (Lipinski definition) is 1. The van der Waals surface area contributed by atoms with Crippen LogP contribution in [0, 0.1) is 39.9 Å². The zero-order valence-electron chi connectivity index (χ0n) is 17.5. The molecular formula is C24H36O3. The van der Waals surface area contributed by atoms with Gasteiger partial charge < -0.3 is 5.11 Å². The van der Waals surface area contributed by atoms with Crippen molar-refractivity contribution in [2.45, 2.75) is 85.5 Å². The standard InChI is InChI=1S/C24H36O3/c1-22(2)9-5-10-24(4)19(22)8-11-23(3)17-14-18(25)16(13-21(26)27)12-15(17)6-7-20(23)24/h12,15,17,19-20H,5-11,13-14H2,1-4H3,(H,26,27)/t15-,17-,19+,20+,23+,24+/m1/s1. The summed E-state index contributed by atoms with van der Waals surface area (Å²) in [4.78, 5) is 23.9. The molecule has 0 saturated heterocycles. The number of rotatable bonds is 2. The van der Waals surface area contributed by atoms with Crippen molar-refractivity contribution >= 4 is 11.8 Å². The van der Waals surface area contributed by atoms with Gasteiger partial charge in [0.2, 0.25) is 0 Å². The minimum atomic E-state index is -0.884. The van der Waals surface area contributed by atoms with Crippen molar-refractivity contribution < 1.29 is 14.7 Å². The maximum Gasteiger partial charge on any atom is 0.307 e. The van der Waals surface area contributed by atoms with Gasteiger partial charge in [0.1, 0.15) is 0 Å². The van der Waals surface area contributed by atoms with E-state index in [9.17, 15) is 9.59 Å². The van der Waals surface area contributed by atoms with Gasteiger partial charge in [-0.3, -0.25) is 9.59 Å². The van der Waals surface area contributed by atoms with Gasteiger partial charge in [-0.2, -0.15) is 0 Å². The molecule has 4 aliphatic rings. The molecule has 0 aromatic heterocycles. The molecule has 3 fully saturated rings. The SMILES string of the molecule is CC1(C)CCC[C@]2(C)[C@H]3CC[C@@H]4C=C(CC(=O)O)C(=O)C[C@H]4[C@]3(C)CC[C@@H]12. The highest BCUT2D eigenvalue weighted by Gasteiger charge is 2.62. The van der Waals surface area contributed by atoms with Gasteiger partial charge in [0, 0.05) is 12.0 Å². The van der Waals surface area contributed by atoms with E-state index in [1.165, 1.54) is 38.5 Å². The number of aliphatic carboxylic acids is 1. The lowest BCUT2D eigenvalue weighted by atomic mass is 9.38. The molecule has 0 unspecified atom stereocenters. The lowest BCUT2D eigenvalue weighted by Gasteiger charge is -2.67. The van der Waals surface area contributed by atoms with Crippen molar-refractivity contribution in [1.82, 2.24) is 0 Å². The molecule has 0 aromatic carbocycles. The first kappa shape index (κ1) is 19.2. The van der Waals surface area contributed by atoms with E-state index in [0.29, 0.717) is 40.6 Å². The van der Waals surface area contributed by atoms with Gasteiger partial charge >= 0.3 is 5.97 Å². The zero-order valence-corrected chi connectivity index (χ0v) is 17.5. The van der Waals surface area contributed by atoms with E-state index in [-0.39, 0.29) is 17.6 Å². The second-order valence-electron chi connectivity index (χ2n) is 11.2. The van der Waals surface area contributed by atoms with E-state index in [4.69, 9.17) is 5.11 Å². The Morgan fingerprint density at radius 1 is 1.04 bits per heavy atom. The summed E-state index contributed by atoms with van der Waals surface area (Å²) in [5.41, 5.74) is 1.61. The van der Waals surface area contributed by atoms with Gasteiger partial charge in [-0.1, -0.05) is 40.2 Å². The molecule has 3 saturated carbocycles. The highest BCUT2D eigenvalue weighted by molar-refractivity contribution is 5.99. The van der Waals surface area contributed by atoms with Crippen molar-refractivity contribution in [1.29, 1.82) is 0 Å². The van der Waals surface area contributed by atoms with Crippen LogP contribution in [0.2, 0.25) is 0 Å². The van der Waals surface area contributed by atoms with Crippen LogP contribution in [-0.4, -0.2) is 16.9 Å². The summed E-state index contributed by atoms with van der Waals surface area (Å²) >= 11 is 0. The average molecular weight is 373 g/mol. The predicted molar refractivity (Wildman–Crippen MR) is 106 cm³/mol. The molecule has 0 bridgehead atoms. The number of hydrogen-bond acceptors (Lipinski definition) is 2. The Hall–Kier alpha value is -1.12. The first-order valence-corrected chi connectivity index (χ1v) is 11.0. The molecule has 1 N–H and O–H groups in total. The van der Waals surface area contributed by atoms with Gasteiger partial charge in [0.25, 0.3) is 0 Å². The van der Waals surface area contributed by atoms with Crippen LogP contribution in [0.15, 0.2) is 11.6 Å². The number of carbonyl (C=O) groups is 2. The molecule has 3 heteroatoms. The van der Waals surface area contributed by atoms with Crippen molar-refractivity contribution in [3.63, 3.8) is 0 Å². The van der Waals surface area contributed by atoms with Crippen molar-refractivity contribution in [3.05, 3.63) is 11.6 Å². The van der Waals surface area contributed by atoms with E-state index in [1.54, 1.807) is 0 Å². The van der Waals surface area contributed by atoms with Crippen LogP contribution in [0.1, 0.15) is 85.5 Å². The first-order chi connectivity index (χ1) is 12.6. The van der Waals surface area contributed by atoms with E-state index in [0.717, 1.165) is 12.3 Å². The number of carbonyl (C=O) groups excluding carboxylic acids is 1. The molecule has 4 rings (SSSR count). The molecule has 0 radical (unpaired) electrons. The minimum absolute atomic E-state index is 0.0942. The van der Waals surface area contributed by atoms with Crippen molar-refractivity contribution in [2.24, 2.45) is 39.9 Å². The number of ketones is 1. The van der Waals surface area contributed by atoms with Crippen molar-refractivity contribution in [2.75, 3.05) is 0 Å². The Morgan fingerprint density at radius 2 is 1.78 bits per heavy atom. The molecular weight excluding hydrogens is 336 g/mol. The number of carboxylic acid groups (broad SMARTS) is 1. The third-order valence-electron chi connectivity index (χ3n) is 9.51. The van der Waals surface area contributed by atoms with Crippen LogP contribution < -0.4 is 0 Å². The maximum atomic E-state index is 12.7. The van der Waals surface area contributed by atoms with Crippen LogP contribution in [0.5, 0.6) is 0 Å². The minimum Gasteiger partial charge on any atom is -0.481 e. The largest absolute Gasteiger partial charge is 0.481 e. The third-order valence-corrected chi connectivity index (χ3v) is 9.51. The van der Waals surface area contributed by atoms with Gasteiger partial charge in [0.15, 0.2) is 5.78 Å². The first-order valence-electron chi connectivity index (χ1n) is 11.0. The molecule has 0 aliphatic heterocycles. The third kappa shape index (κ3) is 2.83. The molecule has 4 aliphatic carbocycles. The van der Waals surface area contributed by atoms with E-state index in [2.05, 4.69) is 33.8 Å². The number of fused-ring (bicyclic) bond motifs is 5. The van der Waals surface area contributed by atoms with E-state index < -0.39 is 5.97 Å². The molecule has 0 heterocycles. The fourth-order valence-electron chi connectivity index (χ4n) is 8.43. The lowest BCUT2D eigenvalue weighted by molar-refractivity contribution is -0.174. The average Bonchev–Trinajstić information content (AvgIpc) is 2.54. The number of allylic oxidation sites excluding steroid dienone is 1. The zero-order chi connectivity index (χ0) is 19.6. The second-order valence-corrected chi connectivity index (χ2v) is 11.2. The van der Waals surface area contributed by atoms with Gasteiger partial charge in [-0.15, -0.1) is 0 Å². The highest BCUT2D eigenvalue weighted by atomic mass is 16.4. The Labute approximate surface area is 164 Å². The molecule has 0 spiro atoms. The topological polar surface area (TPSA) is 54.4 Å². The Bertz CT molecular complexity index is 690. The Balaban J connectivity index is 1.66. The predicted octanol–water partition coefficient (Wildman–Crippen LogP) is 5.64. The molecule has 0 aromatic rings. The summed E-state index contributed by atoms with van der Waals surface area (Å²) in [6.45, 7) is 10.0. The normalized spacial score (nSPS) is 45.9. The summed E-state index contributed by atoms with van der Waals surface area (Å²) in [7, 11) is 0. The van der Waals surface area contributed by atoms with Crippen LogP contribution in [-0.2, 0) is 9.59 Å². The summed E-state index contributed by atoms with van der Waals surface area (Å²) in [5, 5.41) is 9.14. The summed E-state index contributed by atoms with van der Waals surface area (Å²) in [5.74, 6) is 1.51. The summed E-state index contributed by atoms with van der Waals surface area (Å²) < 4.78 is 0. The van der Waals surface area contributed by atoms with Crippen LogP contribution >= 0.6 is 0 Å². The van der Waals surface area contributed by atoms with Crippen molar-refractivity contribution in [3.8, 4) is 0 Å². The molecule has 3 nitrogen and oxygen atoms in total. The Kier molecular flexibility index (Phi) is 4.40. The smallest absolute Gasteiger partial charge is 0.307 e. The lowest BCUT2D eigenvalue weighted by Crippen LogP contribution is -2.59.